The number of morpholine rings is 1. The smallest absolute Gasteiger partial charge is 0.272 e. The molecule has 0 spiro atoms. The van der Waals surface area contributed by atoms with Crippen molar-refractivity contribution in [1.29, 1.82) is 0 Å². The quantitative estimate of drug-likeness (QED) is 0.873. The van der Waals surface area contributed by atoms with Crippen molar-refractivity contribution in [2.45, 2.75) is 38.8 Å². The maximum atomic E-state index is 12.8. The van der Waals surface area contributed by atoms with E-state index in [1.165, 1.54) is 12.4 Å². The summed E-state index contributed by atoms with van der Waals surface area (Å²) in [7, 11) is 0. The molecule has 2 aromatic rings. The Morgan fingerprint density at radius 1 is 1.48 bits per heavy atom. The Balaban J connectivity index is 1.61. The minimum absolute atomic E-state index is 0.0196. The van der Waals surface area contributed by atoms with Crippen LogP contribution in [-0.2, 0) is 11.2 Å². The summed E-state index contributed by atoms with van der Waals surface area (Å²) in [6, 6.07) is 3.38. The predicted octanol–water partition coefficient (Wildman–Crippen LogP) is 1.02. The van der Waals surface area contributed by atoms with Gasteiger partial charge in [0.2, 0.25) is 0 Å². The third-order valence-corrected chi connectivity index (χ3v) is 4.26. The summed E-state index contributed by atoms with van der Waals surface area (Å²) in [4.78, 5) is 32.6. The topological polar surface area (TPSA) is 93.1 Å². The first-order valence-corrected chi connectivity index (χ1v) is 8.52. The van der Waals surface area contributed by atoms with Crippen LogP contribution in [0.15, 0.2) is 29.5 Å². The standard InChI is InChI=1S/C17H23N5O3/c1-12(2)22-15(5-6-20-22)17(24)21-7-8-25-14(10-21)4-3-13-9-16(23)19-11-18-13/h5-6,9,11-12,14H,3-4,7-8,10H2,1-2H3,(H,18,19,23)/t14-/m0/s1. The Kier molecular flexibility index (Phi) is 5.28. The van der Waals surface area contributed by atoms with E-state index < -0.39 is 0 Å². The number of H-pyrrole nitrogens is 1. The van der Waals surface area contributed by atoms with Crippen molar-refractivity contribution in [3.63, 3.8) is 0 Å². The zero-order valence-corrected chi connectivity index (χ0v) is 14.5. The minimum Gasteiger partial charge on any atom is -0.375 e. The minimum atomic E-state index is -0.159. The summed E-state index contributed by atoms with van der Waals surface area (Å²) < 4.78 is 7.52. The Hall–Kier alpha value is -2.48. The monoisotopic (exact) mass is 345 g/mol. The molecule has 0 bridgehead atoms. The van der Waals surface area contributed by atoms with Gasteiger partial charge in [0.25, 0.3) is 11.5 Å². The van der Waals surface area contributed by atoms with Gasteiger partial charge in [-0.25, -0.2) is 4.98 Å². The lowest BCUT2D eigenvalue weighted by Gasteiger charge is -2.33. The lowest BCUT2D eigenvalue weighted by molar-refractivity contribution is -0.0251. The van der Waals surface area contributed by atoms with Gasteiger partial charge in [0, 0.05) is 37.1 Å². The highest BCUT2D eigenvalue weighted by molar-refractivity contribution is 5.92. The summed E-state index contributed by atoms with van der Waals surface area (Å²) in [6.07, 6.45) is 4.35. The second-order valence-corrected chi connectivity index (χ2v) is 6.44. The van der Waals surface area contributed by atoms with Crippen molar-refractivity contribution in [3.8, 4) is 0 Å². The van der Waals surface area contributed by atoms with Crippen LogP contribution in [0.25, 0.3) is 0 Å². The molecule has 1 aliphatic heterocycles. The number of hydrogen-bond donors (Lipinski definition) is 1. The number of nitrogens with zero attached hydrogens (tertiary/aromatic N) is 4. The number of ether oxygens (including phenoxy) is 1. The molecule has 1 N–H and O–H groups in total. The molecule has 1 amide bonds. The number of rotatable bonds is 5. The molecular formula is C17H23N5O3. The summed E-state index contributed by atoms with van der Waals surface area (Å²) in [5.74, 6) is -0.0196. The van der Waals surface area contributed by atoms with E-state index in [4.69, 9.17) is 4.74 Å². The van der Waals surface area contributed by atoms with Gasteiger partial charge in [0.1, 0.15) is 5.69 Å². The molecule has 1 saturated heterocycles. The number of hydrogen-bond acceptors (Lipinski definition) is 5. The molecule has 25 heavy (non-hydrogen) atoms. The van der Waals surface area contributed by atoms with E-state index in [2.05, 4.69) is 15.1 Å². The van der Waals surface area contributed by atoms with E-state index in [0.29, 0.717) is 38.2 Å². The zero-order chi connectivity index (χ0) is 17.8. The number of amides is 1. The molecule has 2 aromatic heterocycles. The van der Waals surface area contributed by atoms with Crippen LogP contribution in [0.1, 0.15) is 42.5 Å². The van der Waals surface area contributed by atoms with Gasteiger partial charge in [-0.05, 0) is 32.8 Å². The molecule has 1 atom stereocenters. The van der Waals surface area contributed by atoms with E-state index in [9.17, 15) is 9.59 Å². The van der Waals surface area contributed by atoms with Crippen molar-refractivity contribution >= 4 is 5.91 Å². The molecule has 0 radical (unpaired) electrons. The fraction of sp³-hybridized carbons (Fsp3) is 0.529. The molecule has 3 heterocycles. The Morgan fingerprint density at radius 2 is 2.32 bits per heavy atom. The summed E-state index contributed by atoms with van der Waals surface area (Å²) in [5.41, 5.74) is 1.17. The molecule has 8 nitrogen and oxygen atoms in total. The van der Waals surface area contributed by atoms with Gasteiger partial charge in [-0.2, -0.15) is 5.10 Å². The number of carbonyl (C=O) groups is 1. The van der Waals surface area contributed by atoms with E-state index in [-0.39, 0.29) is 23.6 Å². The van der Waals surface area contributed by atoms with Crippen LogP contribution in [0.4, 0.5) is 0 Å². The molecule has 1 aliphatic rings. The molecule has 0 unspecified atom stereocenters. The van der Waals surface area contributed by atoms with Crippen LogP contribution in [0.2, 0.25) is 0 Å². The average Bonchev–Trinajstić information content (AvgIpc) is 3.10. The predicted molar refractivity (Wildman–Crippen MR) is 91.4 cm³/mol. The van der Waals surface area contributed by atoms with Crippen molar-refractivity contribution in [2.75, 3.05) is 19.7 Å². The van der Waals surface area contributed by atoms with Gasteiger partial charge in [0.15, 0.2) is 0 Å². The maximum Gasteiger partial charge on any atom is 0.272 e. The molecule has 134 valence electrons. The largest absolute Gasteiger partial charge is 0.375 e. The lowest BCUT2D eigenvalue weighted by atomic mass is 10.1. The van der Waals surface area contributed by atoms with Crippen molar-refractivity contribution in [2.24, 2.45) is 0 Å². The fourth-order valence-electron chi connectivity index (χ4n) is 2.99. The summed E-state index contributed by atoms with van der Waals surface area (Å²) in [5, 5.41) is 4.23. The average molecular weight is 345 g/mol. The van der Waals surface area contributed by atoms with E-state index in [0.717, 1.165) is 5.69 Å². The highest BCUT2D eigenvalue weighted by Crippen LogP contribution is 2.16. The van der Waals surface area contributed by atoms with Gasteiger partial charge in [-0.3, -0.25) is 14.3 Å². The SMILES string of the molecule is CC(C)n1nccc1C(=O)N1CCO[C@@H](CCc2cc(=O)[nH]cn2)C1. The number of carbonyl (C=O) groups excluding carboxylic acids is 1. The molecule has 1 fully saturated rings. The Morgan fingerprint density at radius 3 is 3.08 bits per heavy atom. The first-order chi connectivity index (χ1) is 12.0. The highest BCUT2D eigenvalue weighted by Gasteiger charge is 2.27. The molecule has 3 rings (SSSR count). The normalized spacial score (nSPS) is 17.9. The van der Waals surface area contributed by atoms with Crippen LogP contribution in [-0.4, -0.2) is 56.4 Å². The molecule has 0 saturated carbocycles. The van der Waals surface area contributed by atoms with Gasteiger partial charge in [-0.1, -0.05) is 0 Å². The molecule has 0 aromatic carbocycles. The highest BCUT2D eigenvalue weighted by atomic mass is 16.5. The van der Waals surface area contributed by atoms with Gasteiger partial charge >= 0.3 is 0 Å². The zero-order valence-electron chi connectivity index (χ0n) is 14.5. The van der Waals surface area contributed by atoms with Gasteiger partial charge in [0.05, 0.1) is 19.0 Å². The number of aromatic nitrogens is 4. The van der Waals surface area contributed by atoms with E-state index >= 15 is 0 Å². The Bertz CT molecular complexity index is 782. The first kappa shape index (κ1) is 17.3. The van der Waals surface area contributed by atoms with Gasteiger partial charge < -0.3 is 14.6 Å². The van der Waals surface area contributed by atoms with E-state index in [1.807, 2.05) is 18.7 Å². The fourth-order valence-corrected chi connectivity index (χ4v) is 2.99. The number of aryl methyl sites for hydroxylation is 1. The summed E-state index contributed by atoms with van der Waals surface area (Å²) >= 11 is 0. The van der Waals surface area contributed by atoms with Crippen LogP contribution >= 0.6 is 0 Å². The number of nitrogens with one attached hydrogen (secondary N) is 1. The van der Waals surface area contributed by atoms with Crippen molar-refractivity contribution in [3.05, 3.63) is 46.4 Å². The third kappa shape index (κ3) is 4.14. The van der Waals surface area contributed by atoms with Crippen LogP contribution in [0.5, 0.6) is 0 Å². The molecule has 0 aliphatic carbocycles. The van der Waals surface area contributed by atoms with Crippen molar-refractivity contribution in [1.82, 2.24) is 24.6 Å². The second-order valence-electron chi connectivity index (χ2n) is 6.44. The van der Waals surface area contributed by atoms with E-state index in [1.54, 1.807) is 16.9 Å². The summed E-state index contributed by atoms with van der Waals surface area (Å²) in [6.45, 7) is 5.61. The van der Waals surface area contributed by atoms with Crippen LogP contribution < -0.4 is 5.56 Å². The van der Waals surface area contributed by atoms with Crippen LogP contribution in [0, 0.1) is 0 Å². The maximum absolute atomic E-state index is 12.8. The molecular weight excluding hydrogens is 322 g/mol. The first-order valence-electron chi connectivity index (χ1n) is 8.52. The van der Waals surface area contributed by atoms with Gasteiger partial charge in [-0.15, -0.1) is 0 Å². The third-order valence-electron chi connectivity index (χ3n) is 4.26. The van der Waals surface area contributed by atoms with Crippen molar-refractivity contribution < 1.29 is 9.53 Å². The molecule has 8 heteroatoms. The lowest BCUT2D eigenvalue weighted by Crippen LogP contribution is -2.46. The van der Waals surface area contributed by atoms with Crippen LogP contribution in [0.3, 0.4) is 0 Å². The number of aromatic amines is 1. The second kappa shape index (κ2) is 7.60. The Labute approximate surface area is 145 Å².